The Labute approximate surface area is 104 Å². The van der Waals surface area contributed by atoms with Gasteiger partial charge in [-0.1, -0.05) is 0 Å². The van der Waals surface area contributed by atoms with E-state index in [0.717, 1.165) is 0 Å². The molecule has 0 aliphatic heterocycles. The maximum absolute atomic E-state index is 12.5. The fourth-order valence-electron chi connectivity index (χ4n) is 1.50. The van der Waals surface area contributed by atoms with E-state index in [1.807, 2.05) is 0 Å². The monoisotopic (exact) mass is 287 g/mol. The van der Waals surface area contributed by atoms with Gasteiger partial charge in [0.2, 0.25) is 0 Å². The van der Waals surface area contributed by atoms with E-state index >= 15 is 0 Å². The van der Waals surface area contributed by atoms with Gasteiger partial charge in [-0.2, -0.15) is 26.3 Å². The first-order valence-corrected chi connectivity index (χ1v) is 5.21. The minimum absolute atomic E-state index is 0.0369. The molecule has 8 heteroatoms. The lowest BCUT2D eigenvalue weighted by Crippen LogP contribution is -2.17. The molecule has 0 aliphatic carbocycles. The average Bonchev–Trinajstić information content (AvgIpc) is 2.26. The van der Waals surface area contributed by atoms with E-state index in [1.54, 1.807) is 0 Å². The second kappa shape index (κ2) is 5.38. The molecule has 0 saturated heterocycles. The summed E-state index contributed by atoms with van der Waals surface area (Å²) in [7, 11) is 0. The van der Waals surface area contributed by atoms with Crippen LogP contribution in [-0.4, -0.2) is 11.7 Å². The Kier molecular flexibility index (Phi) is 4.46. The van der Waals surface area contributed by atoms with Gasteiger partial charge in [0.25, 0.3) is 0 Å². The van der Waals surface area contributed by atoms with Crippen LogP contribution in [-0.2, 0) is 12.4 Å². The first kappa shape index (κ1) is 15.8. The summed E-state index contributed by atoms with van der Waals surface area (Å²) >= 11 is 0. The van der Waals surface area contributed by atoms with Crippen LogP contribution in [0.1, 0.15) is 29.2 Å². The lowest BCUT2D eigenvalue weighted by Gasteiger charge is -2.17. The molecule has 19 heavy (non-hydrogen) atoms. The van der Waals surface area contributed by atoms with Crippen LogP contribution < -0.4 is 5.73 Å². The van der Waals surface area contributed by atoms with Gasteiger partial charge >= 0.3 is 12.4 Å². The van der Waals surface area contributed by atoms with Crippen LogP contribution in [0.5, 0.6) is 0 Å². The molecule has 0 radical (unpaired) electrons. The molecule has 1 aromatic rings. The van der Waals surface area contributed by atoms with Gasteiger partial charge in [-0.15, -0.1) is 0 Å². The third-order valence-corrected chi connectivity index (χ3v) is 2.48. The van der Waals surface area contributed by atoms with Crippen molar-refractivity contribution in [2.24, 2.45) is 5.73 Å². The molecule has 0 heterocycles. The molecule has 1 rings (SSSR count). The zero-order chi connectivity index (χ0) is 14.8. The lowest BCUT2D eigenvalue weighted by atomic mass is 9.98. The first-order chi connectivity index (χ1) is 8.55. The van der Waals surface area contributed by atoms with E-state index in [1.165, 1.54) is 0 Å². The summed E-state index contributed by atoms with van der Waals surface area (Å²) in [5.41, 5.74) is 2.30. The SMILES string of the molecule is N[C@@H](CCO)c1cc(C(F)(F)F)cc(C(F)(F)F)c1. The molecule has 108 valence electrons. The van der Waals surface area contributed by atoms with Crippen molar-refractivity contribution in [3.63, 3.8) is 0 Å². The van der Waals surface area contributed by atoms with E-state index in [-0.39, 0.29) is 18.1 Å². The largest absolute Gasteiger partial charge is 0.416 e. The summed E-state index contributed by atoms with van der Waals surface area (Å²) in [5.74, 6) is 0. The Morgan fingerprint density at radius 1 is 0.947 bits per heavy atom. The van der Waals surface area contributed by atoms with Crippen molar-refractivity contribution in [2.45, 2.75) is 24.8 Å². The fourth-order valence-corrected chi connectivity index (χ4v) is 1.50. The van der Waals surface area contributed by atoms with Crippen LogP contribution in [0.25, 0.3) is 0 Å². The molecule has 1 aromatic carbocycles. The highest BCUT2D eigenvalue weighted by Crippen LogP contribution is 2.37. The Balaban J connectivity index is 3.33. The number of hydrogen-bond acceptors (Lipinski definition) is 2. The number of benzene rings is 1. The van der Waals surface area contributed by atoms with Gasteiger partial charge in [0.05, 0.1) is 11.1 Å². The molecular formula is C11H11F6NO. The van der Waals surface area contributed by atoms with E-state index in [9.17, 15) is 26.3 Å². The summed E-state index contributed by atoms with van der Waals surface area (Å²) in [5, 5.41) is 8.63. The molecule has 0 spiro atoms. The van der Waals surface area contributed by atoms with Crippen LogP contribution in [0, 0.1) is 0 Å². The molecule has 1 atom stereocenters. The van der Waals surface area contributed by atoms with E-state index in [0.29, 0.717) is 12.1 Å². The Morgan fingerprint density at radius 2 is 1.37 bits per heavy atom. The summed E-state index contributed by atoms with van der Waals surface area (Å²) in [6.45, 7) is -0.432. The van der Waals surface area contributed by atoms with Crippen LogP contribution in [0.3, 0.4) is 0 Å². The number of hydrogen-bond donors (Lipinski definition) is 2. The smallest absolute Gasteiger partial charge is 0.396 e. The predicted molar refractivity (Wildman–Crippen MR) is 55.1 cm³/mol. The molecular weight excluding hydrogens is 276 g/mol. The highest BCUT2D eigenvalue weighted by Gasteiger charge is 2.37. The van der Waals surface area contributed by atoms with Gasteiger partial charge in [0.1, 0.15) is 0 Å². The lowest BCUT2D eigenvalue weighted by molar-refractivity contribution is -0.143. The number of aliphatic hydroxyl groups excluding tert-OH is 1. The number of rotatable bonds is 3. The summed E-state index contributed by atoms with van der Waals surface area (Å²) in [6, 6.07) is 0.0775. The second-order valence-electron chi connectivity index (χ2n) is 3.96. The van der Waals surface area contributed by atoms with Gasteiger partial charge in [-0.3, -0.25) is 0 Å². The van der Waals surface area contributed by atoms with Crippen molar-refractivity contribution in [1.82, 2.24) is 0 Å². The molecule has 0 amide bonds. The van der Waals surface area contributed by atoms with Crippen LogP contribution in [0.2, 0.25) is 0 Å². The zero-order valence-electron chi connectivity index (χ0n) is 9.52. The van der Waals surface area contributed by atoms with Crippen molar-refractivity contribution in [3.05, 3.63) is 34.9 Å². The molecule has 0 fully saturated rings. The number of aliphatic hydroxyl groups is 1. The molecule has 3 N–H and O–H groups in total. The van der Waals surface area contributed by atoms with Gasteiger partial charge in [-0.25, -0.2) is 0 Å². The van der Waals surface area contributed by atoms with Gasteiger partial charge in [-0.05, 0) is 30.2 Å². The maximum Gasteiger partial charge on any atom is 0.416 e. The normalized spacial score (nSPS) is 14.5. The van der Waals surface area contributed by atoms with Crippen molar-refractivity contribution in [3.8, 4) is 0 Å². The van der Waals surface area contributed by atoms with Crippen LogP contribution >= 0.6 is 0 Å². The van der Waals surface area contributed by atoms with Crippen molar-refractivity contribution in [2.75, 3.05) is 6.61 Å². The summed E-state index contributed by atoms with van der Waals surface area (Å²) in [6.07, 6.45) is -9.91. The Hall–Kier alpha value is -1.28. The Morgan fingerprint density at radius 3 is 1.68 bits per heavy atom. The molecule has 2 nitrogen and oxygen atoms in total. The molecule has 0 aliphatic rings. The van der Waals surface area contributed by atoms with E-state index < -0.39 is 36.1 Å². The van der Waals surface area contributed by atoms with Crippen molar-refractivity contribution >= 4 is 0 Å². The Bertz CT molecular complexity index is 408. The van der Waals surface area contributed by atoms with E-state index in [4.69, 9.17) is 10.8 Å². The zero-order valence-corrected chi connectivity index (χ0v) is 9.52. The first-order valence-electron chi connectivity index (χ1n) is 5.21. The second-order valence-corrected chi connectivity index (χ2v) is 3.96. The fraction of sp³-hybridized carbons (Fsp3) is 0.455. The third-order valence-electron chi connectivity index (χ3n) is 2.48. The number of alkyl halides is 6. The topological polar surface area (TPSA) is 46.2 Å². The van der Waals surface area contributed by atoms with Gasteiger partial charge in [0, 0.05) is 12.6 Å². The molecule has 0 unspecified atom stereocenters. The van der Waals surface area contributed by atoms with Crippen LogP contribution in [0.4, 0.5) is 26.3 Å². The standard InChI is InChI=1S/C11H11F6NO/c12-10(13,14)7-3-6(9(18)1-2-19)4-8(5-7)11(15,16)17/h3-5,9,19H,1-2,18H2/t9-/m0/s1. The van der Waals surface area contributed by atoms with Gasteiger partial charge in [0.15, 0.2) is 0 Å². The minimum atomic E-state index is -4.89. The van der Waals surface area contributed by atoms with Crippen LogP contribution in [0.15, 0.2) is 18.2 Å². The summed E-state index contributed by atoms with van der Waals surface area (Å²) < 4.78 is 75.2. The maximum atomic E-state index is 12.5. The third kappa shape index (κ3) is 4.10. The van der Waals surface area contributed by atoms with Crippen molar-refractivity contribution < 1.29 is 31.4 Å². The highest BCUT2D eigenvalue weighted by molar-refractivity contribution is 5.35. The summed E-state index contributed by atoms with van der Waals surface area (Å²) in [4.78, 5) is 0. The van der Waals surface area contributed by atoms with E-state index in [2.05, 4.69) is 0 Å². The van der Waals surface area contributed by atoms with Crippen molar-refractivity contribution in [1.29, 1.82) is 0 Å². The minimum Gasteiger partial charge on any atom is -0.396 e. The quantitative estimate of drug-likeness (QED) is 0.839. The predicted octanol–water partition coefficient (Wildman–Crippen LogP) is 3.11. The number of halogens is 6. The number of nitrogens with two attached hydrogens (primary N) is 1. The molecule has 0 saturated carbocycles. The average molecular weight is 287 g/mol. The molecule has 0 bridgehead atoms. The van der Waals surface area contributed by atoms with Gasteiger partial charge < -0.3 is 10.8 Å². The molecule has 0 aromatic heterocycles. The highest BCUT2D eigenvalue weighted by atomic mass is 19.4.